The number of likely N-dealkylation sites (tertiary alicyclic amines) is 1. The van der Waals surface area contributed by atoms with Crippen molar-refractivity contribution in [3.05, 3.63) is 57.0 Å². The molecule has 3 heterocycles. The second-order valence-corrected chi connectivity index (χ2v) is 9.55. The Balaban J connectivity index is 1.36. The largest absolute Gasteiger partial charge is 0.396 e. The van der Waals surface area contributed by atoms with Gasteiger partial charge < -0.3 is 14.7 Å². The van der Waals surface area contributed by atoms with Crippen molar-refractivity contribution in [2.75, 3.05) is 39.4 Å². The second kappa shape index (κ2) is 9.77. The van der Waals surface area contributed by atoms with Crippen LogP contribution in [-0.4, -0.2) is 65.8 Å². The van der Waals surface area contributed by atoms with Crippen LogP contribution in [0.4, 0.5) is 4.39 Å². The fraction of sp³-hybridized carbons (Fsp3) is 0.542. The average Bonchev–Trinajstić information content (AvgIpc) is 3.27. The molecule has 1 spiro atoms. The third-order valence-corrected chi connectivity index (χ3v) is 7.57. The summed E-state index contributed by atoms with van der Waals surface area (Å²) in [6.45, 7) is 6.04. The van der Waals surface area contributed by atoms with Crippen LogP contribution in [0.15, 0.2) is 29.6 Å². The fourth-order valence-electron chi connectivity index (χ4n) is 4.61. The summed E-state index contributed by atoms with van der Waals surface area (Å²) in [7, 11) is 0. The minimum Gasteiger partial charge on any atom is -0.396 e. The van der Waals surface area contributed by atoms with Gasteiger partial charge in [0.15, 0.2) is 0 Å². The van der Waals surface area contributed by atoms with Crippen LogP contribution in [0.5, 0.6) is 0 Å². The Morgan fingerprint density at radius 3 is 2.74 bits per heavy atom. The van der Waals surface area contributed by atoms with Crippen molar-refractivity contribution in [3.8, 4) is 0 Å². The Bertz CT molecular complexity index is 908. The molecule has 0 aliphatic carbocycles. The Labute approximate surface area is 187 Å². The lowest BCUT2D eigenvalue weighted by Crippen LogP contribution is -2.57. The van der Waals surface area contributed by atoms with E-state index in [4.69, 9.17) is 9.84 Å². The number of nitrogens with zero attached hydrogens (tertiary/aromatic N) is 2. The second-order valence-electron chi connectivity index (χ2n) is 8.55. The number of halogens is 1. The number of ether oxygens (including phenoxy) is 1. The predicted octanol–water partition coefficient (Wildman–Crippen LogP) is 3.49. The normalized spacial score (nSPS) is 19.1. The van der Waals surface area contributed by atoms with Gasteiger partial charge in [-0.1, -0.05) is 25.1 Å². The van der Waals surface area contributed by atoms with Gasteiger partial charge in [-0.05, 0) is 37.3 Å². The van der Waals surface area contributed by atoms with E-state index < -0.39 is 0 Å². The van der Waals surface area contributed by atoms with E-state index in [1.54, 1.807) is 17.4 Å². The van der Waals surface area contributed by atoms with Crippen molar-refractivity contribution in [3.63, 3.8) is 0 Å². The lowest BCUT2D eigenvalue weighted by molar-refractivity contribution is -0.128. The molecular formula is C24H31FN2O3S. The van der Waals surface area contributed by atoms with Gasteiger partial charge in [0, 0.05) is 48.6 Å². The Hall–Kier alpha value is -1.80. The molecule has 2 fully saturated rings. The zero-order chi connectivity index (χ0) is 21.8. The molecule has 1 aromatic heterocycles. The molecule has 4 rings (SSSR count). The van der Waals surface area contributed by atoms with Crippen molar-refractivity contribution in [1.82, 2.24) is 9.80 Å². The van der Waals surface area contributed by atoms with E-state index in [-0.39, 0.29) is 23.9 Å². The number of thiophene rings is 1. The standard InChI is InChI=1S/C24H31FN2O3S/c1-2-21-14-20(16-31-21)23(29)27-11-13-30-24(17-27)7-9-26(10-8-24)15-19-5-3-4-18(6-12-28)22(19)25/h3-5,14,16,28H,2,6-13,15,17H2,1H3. The number of aliphatic hydroxyl groups excluding tert-OH is 1. The fourth-order valence-corrected chi connectivity index (χ4v) is 5.42. The number of morpholine rings is 1. The number of rotatable bonds is 6. The zero-order valence-electron chi connectivity index (χ0n) is 18.1. The van der Waals surface area contributed by atoms with Gasteiger partial charge in [0.05, 0.1) is 24.3 Å². The summed E-state index contributed by atoms with van der Waals surface area (Å²) >= 11 is 1.65. The minimum absolute atomic E-state index is 0.0513. The highest BCUT2D eigenvalue weighted by Crippen LogP contribution is 2.32. The van der Waals surface area contributed by atoms with Gasteiger partial charge in [-0.2, -0.15) is 0 Å². The maximum absolute atomic E-state index is 14.7. The van der Waals surface area contributed by atoms with Gasteiger partial charge in [0.1, 0.15) is 5.82 Å². The molecule has 0 bridgehead atoms. The van der Waals surface area contributed by atoms with E-state index in [1.165, 1.54) is 4.88 Å². The molecule has 2 aliphatic rings. The van der Waals surface area contributed by atoms with Crippen LogP contribution < -0.4 is 0 Å². The highest BCUT2D eigenvalue weighted by molar-refractivity contribution is 7.10. The third-order valence-electron chi connectivity index (χ3n) is 6.49. The molecule has 5 nitrogen and oxygen atoms in total. The van der Waals surface area contributed by atoms with E-state index in [1.807, 2.05) is 28.5 Å². The number of hydrogen-bond acceptors (Lipinski definition) is 5. The molecular weight excluding hydrogens is 415 g/mol. The van der Waals surface area contributed by atoms with Crippen molar-refractivity contribution in [1.29, 1.82) is 0 Å². The first-order valence-electron chi connectivity index (χ1n) is 11.1. The van der Waals surface area contributed by atoms with Crippen LogP contribution >= 0.6 is 11.3 Å². The zero-order valence-corrected chi connectivity index (χ0v) is 18.9. The first-order chi connectivity index (χ1) is 15.0. The van der Waals surface area contributed by atoms with E-state index in [2.05, 4.69) is 11.8 Å². The summed E-state index contributed by atoms with van der Waals surface area (Å²) in [5, 5.41) is 11.1. The van der Waals surface area contributed by atoms with Crippen LogP contribution in [0.3, 0.4) is 0 Å². The van der Waals surface area contributed by atoms with Crippen LogP contribution in [0, 0.1) is 5.82 Å². The Morgan fingerprint density at radius 2 is 2.03 bits per heavy atom. The first kappa shape index (κ1) is 22.4. The van der Waals surface area contributed by atoms with Crippen LogP contribution in [-0.2, 0) is 24.1 Å². The first-order valence-corrected chi connectivity index (χ1v) is 12.0. The minimum atomic E-state index is -0.300. The molecule has 7 heteroatoms. The SMILES string of the molecule is CCc1cc(C(=O)N2CCOC3(CCN(Cc4cccc(CCO)c4F)CC3)C2)cs1. The summed E-state index contributed by atoms with van der Waals surface area (Å²) in [5.41, 5.74) is 1.73. The van der Waals surface area contributed by atoms with Gasteiger partial charge in [0.2, 0.25) is 0 Å². The van der Waals surface area contributed by atoms with Crippen LogP contribution in [0.1, 0.15) is 46.1 Å². The van der Waals surface area contributed by atoms with Crippen LogP contribution in [0.25, 0.3) is 0 Å². The number of piperidine rings is 1. The number of carbonyl (C=O) groups is 1. The average molecular weight is 447 g/mol. The number of carbonyl (C=O) groups excluding carboxylic acids is 1. The van der Waals surface area contributed by atoms with Gasteiger partial charge in [-0.25, -0.2) is 4.39 Å². The van der Waals surface area contributed by atoms with Gasteiger partial charge >= 0.3 is 0 Å². The summed E-state index contributed by atoms with van der Waals surface area (Å²) in [4.78, 5) is 18.4. The Morgan fingerprint density at radius 1 is 1.26 bits per heavy atom. The predicted molar refractivity (Wildman–Crippen MR) is 120 cm³/mol. The molecule has 31 heavy (non-hydrogen) atoms. The molecule has 2 aliphatic heterocycles. The molecule has 168 valence electrons. The van der Waals surface area contributed by atoms with E-state index in [0.29, 0.717) is 43.8 Å². The molecule has 0 saturated carbocycles. The molecule has 1 amide bonds. The number of aliphatic hydroxyl groups is 1. The van der Waals surface area contributed by atoms with Crippen LogP contribution in [0.2, 0.25) is 0 Å². The van der Waals surface area contributed by atoms with Crippen molar-refractivity contribution in [2.45, 2.75) is 44.8 Å². The number of benzene rings is 1. The highest BCUT2D eigenvalue weighted by Gasteiger charge is 2.41. The van der Waals surface area contributed by atoms with Crippen molar-refractivity contribution >= 4 is 17.2 Å². The summed E-state index contributed by atoms with van der Waals surface area (Å²) < 4.78 is 20.9. The lowest BCUT2D eigenvalue weighted by Gasteiger charge is -2.47. The van der Waals surface area contributed by atoms with Gasteiger partial charge in [-0.15, -0.1) is 11.3 Å². The maximum atomic E-state index is 14.7. The highest BCUT2D eigenvalue weighted by atomic mass is 32.1. The van der Waals surface area contributed by atoms with Gasteiger partial charge in [-0.3, -0.25) is 9.69 Å². The summed E-state index contributed by atoms with van der Waals surface area (Å²) in [6.07, 6.45) is 2.95. The van der Waals surface area contributed by atoms with E-state index >= 15 is 0 Å². The number of aryl methyl sites for hydroxylation is 1. The quantitative estimate of drug-likeness (QED) is 0.738. The van der Waals surface area contributed by atoms with Gasteiger partial charge in [0.25, 0.3) is 5.91 Å². The summed E-state index contributed by atoms with van der Waals surface area (Å²) in [5.74, 6) is -0.103. The molecule has 2 aromatic rings. The summed E-state index contributed by atoms with van der Waals surface area (Å²) in [6, 6.07) is 7.43. The maximum Gasteiger partial charge on any atom is 0.254 e. The molecule has 1 aromatic carbocycles. The van der Waals surface area contributed by atoms with Crippen molar-refractivity contribution < 1.29 is 19.0 Å². The monoisotopic (exact) mass is 446 g/mol. The molecule has 0 radical (unpaired) electrons. The molecule has 1 N–H and O–H groups in total. The molecule has 0 atom stereocenters. The van der Waals surface area contributed by atoms with Crippen molar-refractivity contribution in [2.24, 2.45) is 0 Å². The van der Waals surface area contributed by atoms with E-state index in [0.717, 1.165) is 37.9 Å². The third kappa shape index (κ3) is 5.00. The number of amides is 1. The smallest absolute Gasteiger partial charge is 0.254 e. The topological polar surface area (TPSA) is 53.0 Å². The Kier molecular flexibility index (Phi) is 7.06. The van der Waals surface area contributed by atoms with E-state index in [9.17, 15) is 9.18 Å². The molecule has 2 saturated heterocycles. The molecule has 0 unspecified atom stereocenters. The lowest BCUT2D eigenvalue weighted by atomic mass is 9.89. The number of hydrogen-bond donors (Lipinski definition) is 1.